The number of phosphoric ester groups is 1. The molecule has 3 unspecified atom stereocenters. The van der Waals surface area contributed by atoms with E-state index in [4.69, 9.17) is 13.8 Å². The first-order valence-electron chi connectivity index (χ1n) is 29.9. The van der Waals surface area contributed by atoms with Gasteiger partial charge in [0.15, 0.2) is 0 Å². The van der Waals surface area contributed by atoms with Crippen LogP contribution in [0.3, 0.4) is 0 Å². The summed E-state index contributed by atoms with van der Waals surface area (Å²) in [6, 6.07) is -0.878. The highest BCUT2D eigenvalue weighted by Gasteiger charge is 2.30. The highest BCUT2D eigenvalue weighted by Crippen LogP contribution is 2.43. The van der Waals surface area contributed by atoms with Crippen molar-refractivity contribution in [3.63, 3.8) is 0 Å². The van der Waals surface area contributed by atoms with Crippen LogP contribution in [0.1, 0.15) is 252 Å². The van der Waals surface area contributed by atoms with Crippen molar-refractivity contribution < 1.29 is 37.3 Å². The van der Waals surface area contributed by atoms with E-state index in [1.54, 1.807) is 0 Å². The lowest BCUT2D eigenvalue weighted by molar-refractivity contribution is -0.870. The van der Waals surface area contributed by atoms with E-state index in [0.29, 0.717) is 23.9 Å². The van der Waals surface area contributed by atoms with Crippen molar-refractivity contribution in [2.24, 2.45) is 0 Å². The number of phosphoric acid groups is 1. The number of ether oxygens (including phenoxy) is 1. The number of unbranched alkanes of at least 4 members (excludes halogenated alkanes) is 25. The van der Waals surface area contributed by atoms with Crippen molar-refractivity contribution in [1.82, 2.24) is 5.32 Å². The summed E-state index contributed by atoms with van der Waals surface area (Å²) in [7, 11) is 1.45. The Morgan fingerprint density at radius 1 is 0.479 bits per heavy atom. The number of esters is 1. The Balaban J connectivity index is 5.45. The maximum atomic E-state index is 13.5. The Bertz CT molecular complexity index is 1530. The van der Waals surface area contributed by atoms with Gasteiger partial charge >= 0.3 is 13.8 Å². The molecule has 2 N–H and O–H groups in total. The molecule has 0 aromatic carbocycles. The van der Waals surface area contributed by atoms with E-state index in [2.05, 4.69) is 99.0 Å². The number of nitrogens with zero attached hydrogens (tertiary/aromatic N) is 1. The first kappa shape index (κ1) is 70.2. The molecule has 0 rings (SSSR count). The minimum absolute atomic E-state index is 0.0270. The summed E-state index contributed by atoms with van der Waals surface area (Å²) < 4.78 is 30.6. The third-order valence-corrected chi connectivity index (χ3v) is 13.8. The van der Waals surface area contributed by atoms with Crippen LogP contribution >= 0.6 is 7.82 Å². The Morgan fingerprint density at radius 2 is 0.849 bits per heavy atom. The number of nitrogens with one attached hydrogen (secondary N) is 1. The fourth-order valence-electron chi connectivity index (χ4n) is 8.14. The van der Waals surface area contributed by atoms with Gasteiger partial charge in [-0.25, -0.2) is 4.57 Å². The van der Waals surface area contributed by atoms with Crippen LogP contribution in [0.25, 0.3) is 0 Å². The third-order valence-electron chi connectivity index (χ3n) is 12.8. The molecule has 9 nitrogen and oxygen atoms in total. The van der Waals surface area contributed by atoms with Crippen LogP contribution in [0, 0.1) is 0 Å². The highest BCUT2D eigenvalue weighted by atomic mass is 31.2. The van der Waals surface area contributed by atoms with Gasteiger partial charge in [0.1, 0.15) is 19.3 Å². The number of amides is 1. The maximum absolute atomic E-state index is 13.5. The largest absolute Gasteiger partial charge is 0.472 e. The predicted octanol–water partition coefficient (Wildman–Crippen LogP) is 18.2. The molecular formula is C63H114N2O7P+. The molecule has 0 bridgehead atoms. The van der Waals surface area contributed by atoms with E-state index in [1.165, 1.54) is 128 Å². The number of allylic oxidation sites excluding steroid dienone is 13. The molecule has 422 valence electrons. The average Bonchev–Trinajstić information content (AvgIpc) is 3.35. The van der Waals surface area contributed by atoms with E-state index in [9.17, 15) is 19.0 Å². The second kappa shape index (κ2) is 52.6. The zero-order valence-corrected chi connectivity index (χ0v) is 49.0. The van der Waals surface area contributed by atoms with Gasteiger partial charge in [0, 0.05) is 12.8 Å². The number of carbonyl (C=O) groups is 2. The van der Waals surface area contributed by atoms with Gasteiger partial charge in [0.25, 0.3) is 0 Å². The number of quaternary nitrogens is 1. The van der Waals surface area contributed by atoms with Gasteiger partial charge in [-0.2, -0.15) is 0 Å². The molecule has 0 fully saturated rings. The van der Waals surface area contributed by atoms with Gasteiger partial charge in [-0.05, 0) is 102 Å². The first-order valence-corrected chi connectivity index (χ1v) is 31.4. The summed E-state index contributed by atoms with van der Waals surface area (Å²) in [5.74, 6) is -0.581. The zero-order chi connectivity index (χ0) is 53.6. The van der Waals surface area contributed by atoms with Crippen molar-refractivity contribution in [1.29, 1.82) is 0 Å². The van der Waals surface area contributed by atoms with Crippen LogP contribution in [0.15, 0.2) is 85.1 Å². The molecule has 73 heavy (non-hydrogen) atoms. The van der Waals surface area contributed by atoms with E-state index in [-0.39, 0.29) is 31.5 Å². The maximum Gasteiger partial charge on any atom is 0.472 e. The lowest BCUT2D eigenvalue weighted by Gasteiger charge is -2.27. The molecule has 0 radical (unpaired) electrons. The fraction of sp³-hybridized carbons (Fsp3) is 0.746. The minimum atomic E-state index is -4.46. The van der Waals surface area contributed by atoms with Crippen LogP contribution in [0.4, 0.5) is 0 Å². The summed E-state index contributed by atoms with van der Waals surface area (Å²) in [5.41, 5.74) is 0. The smallest absolute Gasteiger partial charge is 0.456 e. The number of hydrogen-bond donors (Lipinski definition) is 2. The quantitative estimate of drug-likeness (QED) is 0.0205. The number of rotatable bonds is 53. The summed E-state index contributed by atoms with van der Waals surface area (Å²) in [6.45, 7) is 6.91. The highest BCUT2D eigenvalue weighted by molar-refractivity contribution is 7.47. The van der Waals surface area contributed by atoms with Crippen LogP contribution in [0.2, 0.25) is 0 Å². The minimum Gasteiger partial charge on any atom is -0.456 e. The van der Waals surface area contributed by atoms with Gasteiger partial charge in [-0.3, -0.25) is 18.6 Å². The Kier molecular flexibility index (Phi) is 50.6. The number of carbonyl (C=O) groups excluding carboxylic acids is 2. The van der Waals surface area contributed by atoms with Gasteiger partial charge in [0.2, 0.25) is 5.91 Å². The summed E-state index contributed by atoms with van der Waals surface area (Å²) in [5, 5.41) is 3.03. The standard InChI is InChI=1S/C63H113N2O7P/c1-7-10-13-16-19-22-25-28-30-32-34-37-40-43-46-49-52-55-62(66)64-60(59-71-73(68,69)70-58-57-65(4,5)6)61(54-51-48-45-42-39-36-27-24-21-18-15-12-9-3)72-63(67)56-53-50-47-44-41-38-35-33-31-29-26-23-20-17-14-11-8-2/h19-20,22-23,28-31,35,38,44,47,51,54,60-61H,7-18,21,24-27,32-34,36-37,39-43,45-46,48-50,52-53,55-59H2,1-6H3,(H-,64,66,68,69)/p+1/b22-19-,23-20-,30-28-,31-29-,38-35-,47-44-,54-51+. The number of likely N-dealkylation sites (N-methyl/N-ethyl adjacent to an activating group) is 1. The van der Waals surface area contributed by atoms with Crippen LogP contribution < -0.4 is 5.32 Å². The summed E-state index contributed by atoms with van der Waals surface area (Å²) in [4.78, 5) is 37.6. The molecule has 0 aliphatic rings. The van der Waals surface area contributed by atoms with Crippen molar-refractivity contribution in [3.05, 3.63) is 85.1 Å². The summed E-state index contributed by atoms with van der Waals surface area (Å²) in [6.07, 6.45) is 68.6. The monoisotopic (exact) mass is 1040 g/mol. The molecular weight excluding hydrogens is 928 g/mol. The normalized spacial score (nSPS) is 14.3. The second-order valence-corrected chi connectivity index (χ2v) is 22.6. The molecule has 0 aromatic heterocycles. The van der Waals surface area contributed by atoms with Crippen molar-refractivity contribution >= 4 is 19.7 Å². The second-order valence-electron chi connectivity index (χ2n) is 21.2. The molecule has 0 aliphatic carbocycles. The average molecular weight is 1040 g/mol. The predicted molar refractivity (Wildman–Crippen MR) is 314 cm³/mol. The van der Waals surface area contributed by atoms with Crippen molar-refractivity contribution in [3.8, 4) is 0 Å². The molecule has 3 atom stereocenters. The molecule has 1 amide bonds. The SMILES string of the molecule is CCCCC/C=C\C/C=C\C/C=C\C/C=C\CCCC(=O)OC(/C=C/CCCCCCCCCCCCC)C(COP(=O)(O)OCC[N+](C)(C)C)NC(=O)CCCCCCCCC/C=C\C/C=C\CCCCC. The Hall–Kier alpha value is -2.81. The van der Waals surface area contributed by atoms with Gasteiger partial charge in [0.05, 0.1) is 33.8 Å². The topological polar surface area (TPSA) is 111 Å². The fourth-order valence-corrected chi connectivity index (χ4v) is 8.87. The van der Waals surface area contributed by atoms with Gasteiger partial charge in [-0.1, -0.05) is 222 Å². The lowest BCUT2D eigenvalue weighted by Crippen LogP contribution is -2.47. The van der Waals surface area contributed by atoms with Gasteiger partial charge < -0.3 is 19.4 Å². The molecule has 0 aliphatic heterocycles. The Morgan fingerprint density at radius 3 is 1.30 bits per heavy atom. The van der Waals surface area contributed by atoms with Crippen LogP contribution in [-0.2, 0) is 27.9 Å². The molecule has 0 saturated heterocycles. The number of hydrogen-bond acceptors (Lipinski definition) is 6. The van der Waals surface area contributed by atoms with E-state index < -0.39 is 20.0 Å². The zero-order valence-electron chi connectivity index (χ0n) is 48.1. The van der Waals surface area contributed by atoms with E-state index in [0.717, 1.165) is 83.5 Å². The molecule has 0 saturated carbocycles. The molecule has 0 heterocycles. The van der Waals surface area contributed by atoms with Crippen molar-refractivity contribution in [2.75, 3.05) is 40.9 Å². The molecule has 10 heteroatoms. The van der Waals surface area contributed by atoms with E-state index >= 15 is 0 Å². The van der Waals surface area contributed by atoms with Gasteiger partial charge in [-0.15, -0.1) is 0 Å². The first-order chi connectivity index (χ1) is 35.4. The lowest BCUT2D eigenvalue weighted by atomic mass is 10.0. The summed E-state index contributed by atoms with van der Waals surface area (Å²) >= 11 is 0. The third kappa shape index (κ3) is 53.8. The van der Waals surface area contributed by atoms with Crippen LogP contribution in [0.5, 0.6) is 0 Å². The van der Waals surface area contributed by atoms with E-state index in [1.807, 2.05) is 33.3 Å². The molecule has 0 aromatic rings. The Labute approximate surface area is 450 Å². The van der Waals surface area contributed by atoms with Crippen molar-refractivity contribution in [2.45, 2.75) is 264 Å². The van der Waals surface area contributed by atoms with Crippen LogP contribution in [-0.4, -0.2) is 74.3 Å². The molecule has 0 spiro atoms.